The van der Waals surface area contributed by atoms with E-state index in [-0.39, 0.29) is 16.6 Å². The van der Waals surface area contributed by atoms with Crippen molar-refractivity contribution in [3.63, 3.8) is 0 Å². The van der Waals surface area contributed by atoms with Crippen LogP contribution in [0.15, 0.2) is 72.8 Å². The minimum absolute atomic E-state index is 0.163. The van der Waals surface area contributed by atoms with Crippen molar-refractivity contribution in [1.29, 1.82) is 0 Å². The van der Waals surface area contributed by atoms with E-state index in [2.05, 4.69) is 52.0 Å². The summed E-state index contributed by atoms with van der Waals surface area (Å²) in [6.45, 7) is 9.18. The summed E-state index contributed by atoms with van der Waals surface area (Å²) < 4.78 is 4.89. The minimum Gasteiger partial charge on any atom is -0.508 e. The number of hydrogen-bond acceptors (Lipinski definition) is 3. The van der Waals surface area contributed by atoms with E-state index in [1.165, 1.54) is 11.1 Å². The van der Waals surface area contributed by atoms with Crippen LogP contribution in [0.25, 0.3) is 0 Å². The van der Waals surface area contributed by atoms with Crippen LogP contribution in [0.5, 0.6) is 11.5 Å². The molecule has 0 saturated carbocycles. The third-order valence-electron chi connectivity index (χ3n) is 5.68. The van der Waals surface area contributed by atoms with Crippen LogP contribution in [-0.2, 0) is 15.6 Å². The van der Waals surface area contributed by atoms with Gasteiger partial charge in [-0.3, -0.25) is 4.79 Å². The molecular formula is C25H26O3. The zero-order valence-corrected chi connectivity index (χ0v) is 16.8. The van der Waals surface area contributed by atoms with E-state index in [0.717, 1.165) is 11.1 Å². The fraction of sp³-hybridized carbons (Fsp3) is 0.240. The minimum atomic E-state index is -0.180. The average Bonchev–Trinajstić information content (AvgIpc) is 2.69. The molecule has 0 aliphatic carbocycles. The summed E-state index contributed by atoms with van der Waals surface area (Å²) >= 11 is 0. The van der Waals surface area contributed by atoms with Gasteiger partial charge in [-0.05, 0) is 46.5 Å². The maximum Gasteiger partial charge on any atom is 0.298 e. The van der Waals surface area contributed by atoms with Crippen LogP contribution in [0, 0.1) is 0 Å². The summed E-state index contributed by atoms with van der Waals surface area (Å²) in [5.74, 6) is 0.821. The Labute approximate surface area is 166 Å². The molecule has 0 aromatic heterocycles. The normalized spacial score (nSPS) is 11.9. The molecule has 0 fully saturated rings. The van der Waals surface area contributed by atoms with Crippen LogP contribution in [0.3, 0.4) is 0 Å². The largest absolute Gasteiger partial charge is 0.508 e. The molecule has 0 amide bonds. The molecule has 0 saturated heterocycles. The highest BCUT2D eigenvalue weighted by Crippen LogP contribution is 2.36. The summed E-state index contributed by atoms with van der Waals surface area (Å²) in [5, 5.41) is 9.55. The Morgan fingerprint density at radius 3 is 1.32 bits per heavy atom. The molecule has 28 heavy (non-hydrogen) atoms. The number of carbonyl (C=O) groups is 1. The molecule has 0 spiro atoms. The van der Waals surface area contributed by atoms with E-state index in [4.69, 9.17) is 4.74 Å². The highest BCUT2D eigenvalue weighted by Gasteiger charge is 2.26. The zero-order chi connectivity index (χ0) is 20.4. The van der Waals surface area contributed by atoms with Crippen LogP contribution in [0.4, 0.5) is 0 Å². The predicted octanol–water partition coefficient (Wildman–Crippen LogP) is 5.58. The van der Waals surface area contributed by atoms with Gasteiger partial charge in [0.2, 0.25) is 0 Å². The molecule has 3 aromatic rings. The summed E-state index contributed by atoms with van der Waals surface area (Å²) in [6.07, 6.45) is 0. The van der Waals surface area contributed by atoms with Gasteiger partial charge in [-0.1, -0.05) is 76.2 Å². The van der Waals surface area contributed by atoms with E-state index >= 15 is 0 Å². The molecule has 0 bridgehead atoms. The van der Waals surface area contributed by atoms with Crippen molar-refractivity contribution in [1.82, 2.24) is 0 Å². The number of phenols is 1. The van der Waals surface area contributed by atoms with Gasteiger partial charge in [-0.2, -0.15) is 0 Å². The van der Waals surface area contributed by atoms with E-state index in [1.807, 2.05) is 36.4 Å². The van der Waals surface area contributed by atoms with Crippen LogP contribution in [-0.4, -0.2) is 11.6 Å². The zero-order valence-electron chi connectivity index (χ0n) is 16.8. The second-order valence-corrected chi connectivity index (χ2v) is 8.11. The molecule has 0 atom stereocenters. The molecule has 3 heteroatoms. The predicted molar refractivity (Wildman–Crippen MR) is 112 cm³/mol. The Hall–Kier alpha value is -3.07. The number of aromatic hydroxyl groups is 1. The van der Waals surface area contributed by atoms with E-state index in [9.17, 15) is 9.90 Å². The van der Waals surface area contributed by atoms with Gasteiger partial charge >= 0.3 is 0 Å². The van der Waals surface area contributed by atoms with Crippen molar-refractivity contribution >= 4 is 6.47 Å². The maximum absolute atomic E-state index is 10.5. The third kappa shape index (κ3) is 3.79. The van der Waals surface area contributed by atoms with Crippen LogP contribution in [0.2, 0.25) is 0 Å². The summed E-state index contributed by atoms with van der Waals surface area (Å²) in [4.78, 5) is 10.5. The topological polar surface area (TPSA) is 46.5 Å². The van der Waals surface area contributed by atoms with Gasteiger partial charge < -0.3 is 9.84 Å². The van der Waals surface area contributed by atoms with Gasteiger partial charge in [0.25, 0.3) is 6.47 Å². The Balaban J connectivity index is 1.88. The maximum atomic E-state index is 10.5. The monoisotopic (exact) mass is 374 g/mol. The fourth-order valence-corrected chi connectivity index (χ4v) is 3.52. The van der Waals surface area contributed by atoms with Crippen molar-refractivity contribution in [2.24, 2.45) is 0 Å². The number of benzene rings is 3. The SMILES string of the molecule is CC(C)(c1ccc(O)cc1)c1ccc(C(C)(C)c2ccc(OC=O)cc2)cc1. The first-order valence-electron chi connectivity index (χ1n) is 9.36. The Morgan fingerprint density at radius 1 is 0.643 bits per heavy atom. The van der Waals surface area contributed by atoms with Crippen molar-refractivity contribution in [2.75, 3.05) is 0 Å². The standard InChI is InChI=1S/C25H26O3/c1-24(2,20-9-13-22(27)14-10-20)18-5-7-19(8-6-18)25(3,4)21-11-15-23(16-12-21)28-17-26/h5-17,27H,1-4H3. The lowest BCUT2D eigenvalue weighted by atomic mass is 9.74. The van der Waals surface area contributed by atoms with E-state index < -0.39 is 0 Å². The number of hydrogen-bond donors (Lipinski definition) is 1. The summed E-state index contributed by atoms with van der Waals surface area (Å²) in [6, 6.07) is 23.7. The van der Waals surface area contributed by atoms with Gasteiger partial charge in [0.1, 0.15) is 11.5 Å². The number of rotatable bonds is 6. The molecule has 3 nitrogen and oxygen atoms in total. The van der Waals surface area contributed by atoms with Crippen LogP contribution < -0.4 is 4.74 Å². The molecule has 0 heterocycles. The highest BCUT2D eigenvalue weighted by molar-refractivity contribution is 5.48. The van der Waals surface area contributed by atoms with Gasteiger partial charge in [0, 0.05) is 10.8 Å². The van der Waals surface area contributed by atoms with Crippen molar-refractivity contribution in [3.05, 3.63) is 95.1 Å². The van der Waals surface area contributed by atoms with Gasteiger partial charge in [-0.25, -0.2) is 0 Å². The summed E-state index contributed by atoms with van der Waals surface area (Å²) in [5.41, 5.74) is 4.39. The van der Waals surface area contributed by atoms with Gasteiger partial charge in [-0.15, -0.1) is 0 Å². The third-order valence-corrected chi connectivity index (χ3v) is 5.68. The second-order valence-electron chi connectivity index (χ2n) is 8.11. The van der Waals surface area contributed by atoms with Crippen LogP contribution in [0.1, 0.15) is 49.9 Å². The summed E-state index contributed by atoms with van der Waals surface area (Å²) in [7, 11) is 0. The lowest BCUT2D eigenvalue weighted by Gasteiger charge is -2.29. The number of ether oxygens (including phenoxy) is 1. The molecule has 0 aliphatic heterocycles. The quantitative estimate of drug-likeness (QED) is 0.573. The molecule has 1 N–H and O–H groups in total. The Kier molecular flexibility index (Phi) is 5.28. The first-order chi connectivity index (χ1) is 13.2. The molecule has 144 valence electrons. The number of phenolic OH excluding ortho intramolecular Hbond substituents is 1. The number of carbonyl (C=O) groups excluding carboxylic acids is 1. The molecule has 0 aliphatic rings. The highest BCUT2D eigenvalue weighted by atomic mass is 16.5. The van der Waals surface area contributed by atoms with Crippen molar-refractivity contribution in [2.45, 2.75) is 38.5 Å². The molecule has 0 radical (unpaired) electrons. The lowest BCUT2D eigenvalue weighted by Crippen LogP contribution is -2.21. The molecular weight excluding hydrogens is 348 g/mol. The molecule has 3 aromatic carbocycles. The Morgan fingerprint density at radius 2 is 0.964 bits per heavy atom. The van der Waals surface area contributed by atoms with Crippen molar-refractivity contribution < 1.29 is 14.6 Å². The lowest BCUT2D eigenvalue weighted by molar-refractivity contribution is -0.120. The first-order valence-corrected chi connectivity index (χ1v) is 9.36. The smallest absolute Gasteiger partial charge is 0.298 e. The van der Waals surface area contributed by atoms with E-state index in [1.54, 1.807) is 12.1 Å². The van der Waals surface area contributed by atoms with Crippen LogP contribution >= 0.6 is 0 Å². The van der Waals surface area contributed by atoms with Gasteiger partial charge in [0.05, 0.1) is 0 Å². The second kappa shape index (κ2) is 7.51. The fourth-order valence-electron chi connectivity index (χ4n) is 3.52. The molecule has 3 rings (SSSR count). The Bertz CT molecular complexity index is 935. The van der Waals surface area contributed by atoms with E-state index in [0.29, 0.717) is 12.2 Å². The molecule has 0 unspecified atom stereocenters. The first kappa shape index (κ1) is 19.7. The van der Waals surface area contributed by atoms with Gasteiger partial charge in [0.15, 0.2) is 0 Å². The average molecular weight is 374 g/mol. The van der Waals surface area contributed by atoms with Crippen molar-refractivity contribution in [3.8, 4) is 11.5 Å².